The maximum Gasteiger partial charge on any atom is 0.416 e. The van der Waals surface area contributed by atoms with Gasteiger partial charge in [0.25, 0.3) is 0 Å². The van der Waals surface area contributed by atoms with E-state index in [-0.39, 0.29) is 30.2 Å². The van der Waals surface area contributed by atoms with Crippen molar-refractivity contribution in [1.82, 2.24) is 10.0 Å². The molecule has 0 amide bonds. The van der Waals surface area contributed by atoms with Crippen molar-refractivity contribution in [3.63, 3.8) is 0 Å². The number of sulfonamides is 1. The van der Waals surface area contributed by atoms with E-state index in [1.165, 1.54) is 25.0 Å². The van der Waals surface area contributed by atoms with Crippen LogP contribution in [0.1, 0.15) is 49.3 Å². The van der Waals surface area contributed by atoms with Gasteiger partial charge in [-0.2, -0.15) is 13.2 Å². The van der Waals surface area contributed by atoms with E-state index in [9.17, 15) is 21.6 Å². The molecule has 1 aromatic rings. The van der Waals surface area contributed by atoms with Gasteiger partial charge in [-0.3, -0.25) is 0 Å². The van der Waals surface area contributed by atoms with Crippen LogP contribution in [0.4, 0.5) is 18.9 Å². The highest BCUT2D eigenvalue weighted by Gasteiger charge is 2.45. The van der Waals surface area contributed by atoms with Gasteiger partial charge in [0.2, 0.25) is 10.0 Å². The van der Waals surface area contributed by atoms with Crippen molar-refractivity contribution in [1.29, 1.82) is 0 Å². The minimum atomic E-state index is -4.45. The number of anilines is 1. The van der Waals surface area contributed by atoms with Gasteiger partial charge in [0.05, 0.1) is 23.5 Å². The monoisotopic (exact) mass is 525 g/mol. The van der Waals surface area contributed by atoms with Crippen molar-refractivity contribution in [3.05, 3.63) is 53.6 Å². The zero-order valence-corrected chi connectivity index (χ0v) is 21.0. The number of benzene rings is 1. The lowest BCUT2D eigenvalue weighted by Gasteiger charge is -2.47. The second-order valence-corrected chi connectivity index (χ2v) is 12.3. The van der Waals surface area contributed by atoms with E-state index in [2.05, 4.69) is 27.5 Å². The number of rotatable bonds is 9. The summed E-state index contributed by atoms with van der Waals surface area (Å²) in [5.41, 5.74) is 0.448. The highest BCUT2D eigenvalue weighted by atomic mass is 32.2. The molecule has 1 unspecified atom stereocenters. The molecular weight excluding hydrogens is 491 g/mol. The standard InChI is InChI=1S/C26H34F3N3O3S/c27-26(28,29)19-8-11-23-22(14-19)25-21(24(32-23)18-4-2-1-3-5-18)10-9-20(35-25)16-31-36(33,34)13-12-30-15-17-6-7-17/h1-4,8,11,14,17-18,20-21,24-25,30-32H,5-7,9-10,12-13,15-16H2/t18?,20-,21+,24+,25+/m1/s1. The highest BCUT2D eigenvalue weighted by molar-refractivity contribution is 7.89. The first kappa shape index (κ1) is 25.8. The van der Waals surface area contributed by atoms with Crippen molar-refractivity contribution < 1.29 is 26.3 Å². The molecular formula is C26H34F3N3O3S. The molecule has 0 aromatic heterocycles. The van der Waals surface area contributed by atoms with Crippen LogP contribution in [-0.2, 0) is 20.9 Å². The molecule has 2 aliphatic heterocycles. The Morgan fingerprint density at radius 3 is 2.64 bits per heavy atom. The summed E-state index contributed by atoms with van der Waals surface area (Å²) < 4.78 is 74.5. The van der Waals surface area contributed by atoms with Crippen LogP contribution >= 0.6 is 0 Å². The van der Waals surface area contributed by atoms with Gasteiger partial charge in [-0.05, 0) is 62.8 Å². The third kappa shape index (κ3) is 6.15. The third-order valence-corrected chi connectivity index (χ3v) is 9.05. The minimum absolute atomic E-state index is 0.0101. The minimum Gasteiger partial charge on any atom is -0.381 e. The van der Waals surface area contributed by atoms with Gasteiger partial charge in [-0.1, -0.05) is 24.3 Å². The van der Waals surface area contributed by atoms with Gasteiger partial charge in [0.1, 0.15) is 0 Å². The second kappa shape index (κ2) is 10.5. The van der Waals surface area contributed by atoms with Crippen LogP contribution in [0.2, 0.25) is 0 Å². The van der Waals surface area contributed by atoms with Gasteiger partial charge >= 0.3 is 6.18 Å². The Labute approximate surface area is 210 Å². The predicted octanol–water partition coefficient (Wildman–Crippen LogP) is 4.39. The van der Waals surface area contributed by atoms with Crippen LogP contribution in [0, 0.1) is 17.8 Å². The normalized spacial score (nSPS) is 29.9. The van der Waals surface area contributed by atoms with E-state index >= 15 is 0 Å². The summed E-state index contributed by atoms with van der Waals surface area (Å²) in [4.78, 5) is 0. The van der Waals surface area contributed by atoms with E-state index in [1.807, 2.05) is 12.2 Å². The maximum atomic E-state index is 13.5. The van der Waals surface area contributed by atoms with E-state index in [0.29, 0.717) is 30.1 Å². The molecule has 3 N–H and O–H groups in total. The second-order valence-electron chi connectivity index (χ2n) is 10.4. The number of halogens is 3. The third-order valence-electron chi connectivity index (χ3n) is 7.70. The predicted molar refractivity (Wildman–Crippen MR) is 133 cm³/mol. The van der Waals surface area contributed by atoms with Crippen molar-refractivity contribution in [3.8, 4) is 0 Å². The molecule has 10 heteroatoms. The molecule has 1 aromatic carbocycles. The molecule has 5 atom stereocenters. The van der Waals surface area contributed by atoms with Crippen molar-refractivity contribution in [2.75, 3.05) is 30.7 Å². The zero-order chi connectivity index (χ0) is 25.3. The molecule has 2 heterocycles. The highest BCUT2D eigenvalue weighted by Crippen LogP contribution is 2.49. The number of hydrogen-bond donors (Lipinski definition) is 3. The fraction of sp³-hybridized carbons (Fsp3) is 0.615. The average Bonchev–Trinajstić information content (AvgIpc) is 3.69. The molecule has 6 nitrogen and oxygen atoms in total. The van der Waals surface area contributed by atoms with Crippen molar-refractivity contribution in [2.45, 2.75) is 56.5 Å². The molecule has 2 fully saturated rings. The summed E-state index contributed by atoms with van der Waals surface area (Å²) in [5.74, 6) is 0.865. The molecule has 36 heavy (non-hydrogen) atoms. The van der Waals surface area contributed by atoms with E-state index in [4.69, 9.17) is 4.74 Å². The first-order valence-corrected chi connectivity index (χ1v) is 14.5. The van der Waals surface area contributed by atoms with Crippen LogP contribution < -0.4 is 15.4 Å². The van der Waals surface area contributed by atoms with Crippen LogP contribution in [0.15, 0.2) is 42.5 Å². The Morgan fingerprint density at radius 2 is 1.92 bits per heavy atom. The van der Waals surface area contributed by atoms with Crippen LogP contribution in [-0.4, -0.2) is 46.0 Å². The zero-order valence-electron chi connectivity index (χ0n) is 20.1. The number of ether oxygens (including phenoxy) is 1. The van der Waals surface area contributed by atoms with Crippen LogP contribution in [0.3, 0.4) is 0 Å². The number of fused-ring (bicyclic) bond motifs is 3. The lowest BCUT2D eigenvalue weighted by atomic mass is 9.73. The van der Waals surface area contributed by atoms with E-state index < -0.39 is 34.0 Å². The first-order chi connectivity index (χ1) is 17.2. The van der Waals surface area contributed by atoms with Crippen LogP contribution in [0.5, 0.6) is 0 Å². The number of alkyl halides is 3. The van der Waals surface area contributed by atoms with Gasteiger partial charge in [0, 0.05) is 42.2 Å². The molecule has 0 radical (unpaired) electrons. The fourth-order valence-electron chi connectivity index (χ4n) is 5.54. The molecule has 0 spiro atoms. The van der Waals surface area contributed by atoms with Gasteiger partial charge < -0.3 is 15.4 Å². The fourth-order valence-corrected chi connectivity index (χ4v) is 6.54. The average molecular weight is 526 g/mol. The van der Waals surface area contributed by atoms with Crippen molar-refractivity contribution in [2.24, 2.45) is 17.8 Å². The summed E-state index contributed by atoms with van der Waals surface area (Å²) in [6.07, 6.45) is 7.51. The van der Waals surface area contributed by atoms with E-state index in [1.54, 1.807) is 0 Å². The number of nitrogens with one attached hydrogen (secondary N) is 3. The Bertz CT molecular complexity index is 1100. The SMILES string of the molecule is O=S(=O)(CCNCC1CC1)NC[C@H]1CC[C@@H]2[C@H](O1)c1cc(C(F)(F)F)ccc1N[C@H]2C1C=CC=CC1. The summed E-state index contributed by atoms with van der Waals surface area (Å²) in [6, 6.07) is 3.81. The smallest absolute Gasteiger partial charge is 0.381 e. The van der Waals surface area contributed by atoms with Gasteiger partial charge in [-0.25, -0.2) is 13.1 Å². The number of hydrogen-bond acceptors (Lipinski definition) is 5. The Morgan fingerprint density at radius 1 is 1.08 bits per heavy atom. The molecule has 5 rings (SSSR count). The maximum absolute atomic E-state index is 13.5. The molecule has 0 bridgehead atoms. The number of allylic oxidation sites excluding steroid dienone is 3. The quantitative estimate of drug-likeness (QED) is 0.417. The Hall–Kier alpha value is -1.88. The Balaban J connectivity index is 1.28. The van der Waals surface area contributed by atoms with Gasteiger partial charge in [-0.15, -0.1) is 0 Å². The Kier molecular flexibility index (Phi) is 7.49. The lowest BCUT2D eigenvalue weighted by Crippen LogP contribution is -2.48. The van der Waals surface area contributed by atoms with Crippen LogP contribution in [0.25, 0.3) is 0 Å². The first-order valence-electron chi connectivity index (χ1n) is 12.8. The van der Waals surface area contributed by atoms with E-state index in [0.717, 1.165) is 25.5 Å². The molecule has 2 aliphatic carbocycles. The summed E-state index contributed by atoms with van der Waals surface area (Å²) in [6.45, 7) is 1.36. The molecule has 1 saturated carbocycles. The molecule has 4 aliphatic rings. The molecule has 198 valence electrons. The summed E-state index contributed by atoms with van der Waals surface area (Å²) in [7, 11) is -3.47. The summed E-state index contributed by atoms with van der Waals surface area (Å²) >= 11 is 0. The molecule has 1 saturated heterocycles. The topological polar surface area (TPSA) is 79.5 Å². The van der Waals surface area contributed by atoms with Gasteiger partial charge in [0.15, 0.2) is 0 Å². The lowest BCUT2D eigenvalue weighted by molar-refractivity contribution is -0.138. The summed E-state index contributed by atoms with van der Waals surface area (Å²) in [5, 5.41) is 6.69. The largest absolute Gasteiger partial charge is 0.416 e. The van der Waals surface area contributed by atoms with Crippen molar-refractivity contribution >= 4 is 15.7 Å².